The quantitative estimate of drug-likeness (QED) is 0.774. The van der Waals surface area contributed by atoms with Crippen LogP contribution in [-0.2, 0) is 11.3 Å². The summed E-state index contributed by atoms with van der Waals surface area (Å²) >= 11 is 1.49. The van der Waals surface area contributed by atoms with Crippen molar-refractivity contribution in [1.82, 2.24) is 10.2 Å². The van der Waals surface area contributed by atoms with Crippen LogP contribution in [0.4, 0.5) is 0 Å². The molecule has 1 unspecified atom stereocenters. The lowest BCUT2D eigenvalue weighted by Crippen LogP contribution is -2.37. The van der Waals surface area contributed by atoms with Crippen molar-refractivity contribution in [3.63, 3.8) is 0 Å². The third-order valence-corrected chi connectivity index (χ3v) is 5.52. The number of rotatable bonds is 7. The van der Waals surface area contributed by atoms with Gasteiger partial charge in [-0.3, -0.25) is 14.5 Å². The smallest absolute Gasteiger partial charge is 0.220 e. The molecule has 1 aromatic heterocycles. The predicted molar refractivity (Wildman–Crippen MR) is 101 cm³/mol. The highest BCUT2D eigenvalue weighted by molar-refractivity contribution is 7.14. The van der Waals surface area contributed by atoms with Gasteiger partial charge >= 0.3 is 0 Å². The number of ketones is 1. The van der Waals surface area contributed by atoms with Crippen LogP contribution in [0.5, 0.6) is 0 Å². The van der Waals surface area contributed by atoms with Crippen molar-refractivity contribution in [1.29, 1.82) is 0 Å². The molecule has 132 valence electrons. The van der Waals surface area contributed by atoms with Crippen LogP contribution in [-0.4, -0.2) is 35.7 Å². The first kappa shape index (κ1) is 17.8. The summed E-state index contributed by atoms with van der Waals surface area (Å²) in [6.45, 7) is 4.77. The number of hydrogen-bond acceptors (Lipinski definition) is 4. The molecular weight excluding hydrogens is 332 g/mol. The molecule has 0 aliphatic carbocycles. The van der Waals surface area contributed by atoms with Crippen molar-refractivity contribution >= 4 is 23.0 Å². The third kappa shape index (κ3) is 5.25. The molecular formula is C20H24N2O2S. The number of thiophene rings is 1. The third-order valence-electron chi connectivity index (χ3n) is 4.48. The van der Waals surface area contributed by atoms with E-state index in [1.54, 1.807) is 0 Å². The highest BCUT2D eigenvalue weighted by Crippen LogP contribution is 2.18. The molecule has 1 atom stereocenters. The van der Waals surface area contributed by atoms with Gasteiger partial charge in [0.1, 0.15) is 0 Å². The highest BCUT2D eigenvalue weighted by atomic mass is 32.1. The van der Waals surface area contributed by atoms with Gasteiger partial charge in [0.2, 0.25) is 5.91 Å². The number of hydrogen-bond donors (Lipinski definition) is 1. The fourth-order valence-corrected chi connectivity index (χ4v) is 4.01. The topological polar surface area (TPSA) is 49.4 Å². The zero-order valence-electron chi connectivity index (χ0n) is 14.5. The molecule has 2 heterocycles. The number of carbonyl (C=O) groups excluding carboxylic acids is 2. The Kier molecular flexibility index (Phi) is 6.00. The van der Waals surface area contributed by atoms with Gasteiger partial charge in [-0.05, 0) is 31.0 Å². The summed E-state index contributed by atoms with van der Waals surface area (Å²) in [6.07, 6.45) is 1.52. The van der Waals surface area contributed by atoms with E-state index in [0.717, 1.165) is 35.8 Å². The average Bonchev–Trinajstić information content (AvgIpc) is 3.23. The number of aryl methyl sites for hydroxylation is 1. The summed E-state index contributed by atoms with van der Waals surface area (Å²) in [5, 5.41) is 3.08. The summed E-state index contributed by atoms with van der Waals surface area (Å²) < 4.78 is 0. The van der Waals surface area contributed by atoms with Crippen molar-refractivity contribution in [2.45, 2.75) is 38.8 Å². The number of nitrogens with zero attached hydrogens (tertiary/aromatic N) is 1. The molecule has 5 heteroatoms. The van der Waals surface area contributed by atoms with Crippen LogP contribution >= 0.6 is 11.3 Å². The molecule has 1 saturated heterocycles. The number of Topliss-reactive ketones (excluding diaryl/α,β-unsaturated/α-hetero) is 1. The normalized spacial score (nSPS) is 17.6. The molecule has 4 nitrogen and oxygen atoms in total. The Labute approximate surface area is 152 Å². The fraction of sp³-hybridized carbons (Fsp3) is 0.400. The number of amides is 1. The molecule has 3 rings (SSSR count). The van der Waals surface area contributed by atoms with Crippen LogP contribution in [0.3, 0.4) is 0 Å². The fourth-order valence-electron chi connectivity index (χ4n) is 3.17. The van der Waals surface area contributed by atoms with Crippen molar-refractivity contribution in [2.75, 3.05) is 13.1 Å². The summed E-state index contributed by atoms with van der Waals surface area (Å²) in [5.41, 5.74) is 1.30. The number of nitrogens with one attached hydrogen (secondary N) is 1. The second-order valence-corrected chi connectivity index (χ2v) is 7.90. The average molecular weight is 356 g/mol. The first-order chi connectivity index (χ1) is 12.1. The predicted octanol–water partition coefficient (Wildman–Crippen LogP) is 3.41. The van der Waals surface area contributed by atoms with Gasteiger partial charge in [-0.1, -0.05) is 30.3 Å². The van der Waals surface area contributed by atoms with E-state index in [-0.39, 0.29) is 30.6 Å². The standard InChI is InChI=1S/C20H24N2O2S/c1-15-7-9-19(25-15)18(23)8-10-20(24)21-17-11-12-22(14-17)13-16-5-3-2-4-6-16/h2-7,9,17H,8,10-14H2,1H3,(H,21,24). The first-order valence-electron chi connectivity index (χ1n) is 8.75. The van der Waals surface area contributed by atoms with Crippen molar-refractivity contribution in [3.8, 4) is 0 Å². The zero-order chi connectivity index (χ0) is 17.6. The summed E-state index contributed by atoms with van der Waals surface area (Å²) in [6, 6.07) is 14.4. The van der Waals surface area contributed by atoms with Crippen LogP contribution in [0.2, 0.25) is 0 Å². The SMILES string of the molecule is Cc1ccc(C(=O)CCC(=O)NC2CCN(Cc3ccccc3)C2)s1. The van der Waals surface area contributed by atoms with Crippen LogP contribution in [0.25, 0.3) is 0 Å². The molecule has 0 spiro atoms. The Bertz CT molecular complexity index is 726. The minimum absolute atomic E-state index is 0.0202. The molecule has 0 bridgehead atoms. The van der Waals surface area contributed by atoms with Crippen LogP contribution in [0.1, 0.15) is 39.4 Å². The number of benzene rings is 1. The Morgan fingerprint density at radius 3 is 2.68 bits per heavy atom. The maximum absolute atomic E-state index is 12.1. The van der Waals surface area contributed by atoms with Crippen LogP contribution in [0.15, 0.2) is 42.5 Å². The van der Waals surface area contributed by atoms with E-state index in [2.05, 4.69) is 34.5 Å². The molecule has 1 aliphatic rings. The molecule has 1 N–H and O–H groups in total. The molecule has 1 aromatic carbocycles. The van der Waals surface area contributed by atoms with Gasteiger partial charge in [-0.25, -0.2) is 0 Å². The Morgan fingerprint density at radius 1 is 1.16 bits per heavy atom. The summed E-state index contributed by atoms with van der Waals surface area (Å²) in [5.74, 6) is 0.0403. The van der Waals surface area contributed by atoms with Gasteiger partial charge < -0.3 is 5.32 Å². The van der Waals surface area contributed by atoms with Gasteiger partial charge in [0.15, 0.2) is 5.78 Å². The Morgan fingerprint density at radius 2 is 1.96 bits per heavy atom. The first-order valence-corrected chi connectivity index (χ1v) is 9.57. The Hall–Kier alpha value is -1.98. The molecule has 1 aliphatic heterocycles. The minimum Gasteiger partial charge on any atom is -0.352 e. The van der Waals surface area contributed by atoms with Crippen molar-refractivity contribution in [2.24, 2.45) is 0 Å². The largest absolute Gasteiger partial charge is 0.352 e. The maximum Gasteiger partial charge on any atom is 0.220 e. The lowest BCUT2D eigenvalue weighted by molar-refractivity contribution is -0.121. The van der Waals surface area contributed by atoms with E-state index in [4.69, 9.17) is 0 Å². The maximum atomic E-state index is 12.1. The van der Waals surface area contributed by atoms with Gasteiger partial charge in [0.25, 0.3) is 0 Å². The van der Waals surface area contributed by atoms with Gasteiger partial charge in [0, 0.05) is 43.4 Å². The lowest BCUT2D eigenvalue weighted by atomic mass is 10.1. The van der Waals surface area contributed by atoms with E-state index in [0.29, 0.717) is 0 Å². The second kappa shape index (κ2) is 8.41. The molecule has 25 heavy (non-hydrogen) atoms. The van der Waals surface area contributed by atoms with Gasteiger partial charge in [-0.15, -0.1) is 11.3 Å². The number of carbonyl (C=O) groups is 2. The molecule has 1 fully saturated rings. The second-order valence-electron chi connectivity index (χ2n) is 6.61. The van der Waals surface area contributed by atoms with E-state index in [9.17, 15) is 9.59 Å². The summed E-state index contributed by atoms with van der Waals surface area (Å²) in [7, 11) is 0. The van der Waals surface area contributed by atoms with E-state index in [1.165, 1.54) is 16.9 Å². The number of likely N-dealkylation sites (tertiary alicyclic amines) is 1. The van der Waals surface area contributed by atoms with Gasteiger partial charge in [-0.2, -0.15) is 0 Å². The highest BCUT2D eigenvalue weighted by Gasteiger charge is 2.24. The van der Waals surface area contributed by atoms with E-state index < -0.39 is 0 Å². The van der Waals surface area contributed by atoms with Gasteiger partial charge in [0.05, 0.1) is 4.88 Å². The molecule has 1 amide bonds. The summed E-state index contributed by atoms with van der Waals surface area (Å²) in [4.78, 5) is 28.4. The van der Waals surface area contributed by atoms with E-state index >= 15 is 0 Å². The van der Waals surface area contributed by atoms with Crippen LogP contribution in [0, 0.1) is 6.92 Å². The molecule has 0 saturated carbocycles. The lowest BCUT2D eigenvalue weighted by Gasteiger charge is -2.16. The zero-order valence-corrected chi connectivity index (χ0v) is 15.3. The molecule has 2 aromatic rings. The molecule has 0 radical (unpaired) electrons. The monoisotopic (exact) mass is 356 g/mol. The van der Waals surface area contributed by atoms with E-state index in [1.807, 2.05) is 25.1 Å². The van der Waals surface area contributed by atoms with Crippen LogP contribution < -0.4 is 5.32 Å². The Balaban J connectivity index is 1.39. The minimum atomic E-state index is -0.0202. The van der Waals surface area contributed by atoms with Crippen molar-refractivity contribution in [3.05, 3.63) is 57.8 Å². The van der Waals surface area contributed by atoms with Crippen molar-refractivity contribution < 1.29 is 9.59 Å².